The highest BCUT2D eigenvalue weighted by Gasteiger charge is 2.23. The summed E-state index contributed by atoms with van der Waals surface area (Å²) in [6.07, 6.45) is 6.05. The first-order chi connectivity index (χ1) is 8.82. The van der Waals surface area contributed by atoms with Gasteiger partial charge < -0.3 is 9.47 Å². The number of terminal acetylenes is 1. The van der Waals surface area contributed by atoms with Gasteiger partial charge in [0.1, 0.15) is 11.5 Å². The van der Waals surface area contributed by atoms with Gasteiger partial charge in [-0.15, -0.1) is 6.42 Å². The van der Waals surface area contributed by atoms with E-state index in [0.29, 0.717) is 0 Å². The summed E-state index contributed by atoms with van der Waals surface area (Å²) in [6.45, 7) is -0.174. The normalized spacial score (nSPS) is 10.6. The van der Waals surface area contributed by atoms with Crippen molar-refractivity contribution in [2.75, 3.05) is 20.0 Å². The number of carbonyl (C=O) groups is 1. The van der Waals surface area contributed by atoms with E-state index in [4.69, 9.17) is 22.8 Å². The molecule has 0 atom stereocenters. The number of methoxy groups -OCH3 is 1. The third-order valence-corrected chi connectivity index (χ3v) is 3.66. The molecule has 1 aromatic carbocycles. The van der Waals surface area contributed by atoms with Gasteiger partial charge in [0.15, 0.2) is 15.6 Å². The van der Waals surface area contributed by atoms with E-state index >= 15 is 0 Å². The lowest BCUT2D eigenvalue weighted by atomic mass is 10.2. The first-order valence-electron chi connectivity index (χ1n) is 5.00. The van der Waals surface area contributed by atoms with Crippen LogP contribution in [0, 0.1) is 12.3 Å². The second kappa shape index (κ2) is 5.95. The number of hydrogen-bond donors (Lipinski definition) is 0. The Morgan fingerprint density at radius 3 is 2.58 bits per heavy atom. The van der Waals surface area contributed by atoms with Crippen molar-refractivity contribution in [3.05, 3.63) is 22.7 Å². The fourth-order valence-corrected chi connectivity index (χ4v) is 2.51. The van der Waals surface area contributed by atoms with Gasteiger partial charge in [-0.25, -0.2) is 13.2 Å². The van der Waals surface area contributed by atoms with Gasteiger partial charge >= 0.3 is 5.97 Å². The SMILES string of the molecule is C#CCOc1c(S(C)(=O)=O)ccc(C(=O)OC)c1Cl. The molecule has 0 saturated carbocycles. The summed E-state index contributed by atoms with van der Waals surface area (Å²) in [5.74, 6) is 1.35. The zero-order valence-electron chi connectivity index (χ0n) is 10.3. The highest BCUT2D eigenvalue weighted by molar-refractivity contribution is 7.90. The number of hydrogen-bond acceptors (Lipinski definition) is 5. The maximum atomic E-state index is 11.6. The molecule has 1 aromatic rings. The van der Waals surface area contributed by atoms with E-state index in [2.05, 4.69) is 10.7 Å². The van der Waals surface area contributed by atoms with Crippen molar-refractivity contribution in [1.29, 1.82) is 0 Å². The third kappa shape index (κ3) is 3.40. The fraction of sp³-hybridized carbons (Fsp3) is 0.250. The molecule has 102 valence electrons. The van der Waals surface area contributed by atoms with Gasteiger partial charge in [-0.1, -0.05) is 17.5 Å². The Morgan fingerprint density at radius 1 is 1.47 bits per heavy atom. The van der Waals surface area contributed by atoms with E-state index in [-0.39, 0.29) is 27.8 Å². The number of rotatable bonds is 4. The van der Waals surface area contributed by atoms with Crippen LogP contribution in [0.25, 0.3) is 0 Å². The quantitative estimate of drug-likeness (QED) is 0.623. The lowest BCUT2D eigenvalue weighted by molar-refractivity contribution is 0.0600. The number of carbonyl (C=O) groups excluding carboxylic acids is 1. The van der Waals surface area contributed by atoms with Crippen LogP contribution in [0.15, 0.2) is 17.0 Å². The molecule has 19 heavy (non-hydrogen) atoms. The van der Waals surface area contributed by atoms with Crippen LogP contribution >= 0.6 is 11.6 Å². The lowest BCUT2D eigenvalue weighted by Crippen LogP contribution is -2.08. The van der Waals surface area contributed by atoms with Crippen molar-refractivity contribution in [3.63, 3.8) is 0 Å². The highest BCUT2D eigenvalue weighted by atomic mass is 35.5. The molecule has 0 heterocycles. The highest BCUT2D eigenvalue weighted by Crippen LogP contribution is 2.35. The number of benzene rings is 1. The smallest absolute Gasteiger partial charge is 0.339 e. The van der Waals surface area contributed by atoms with E-state index in [9.17, 15) is 13.2 Å². The summed E-state index contributed by atoms with van der Waals surface area (Å²) in [7, 11) is -2.38. The predicted molar refractivity (Wildman–Crippen MR) is 70.2 cm³/mol. The Labute approximate surface area is 116 Å². The largest absolute Gasteiger partial charge is 0.478 e. The van der Waals surface area contributed by atoms with E-state index in [1.165, 1.54) is 19.2 Å². The van der Waals surface area contributed by atoms with Gasteiger partial charge in [0, 0.05) is 6.26 Å². The Hall–Kier alpha value is -1.71. The van der Waals surface area contributed by atoms with E-state index in [1.807, 2.05) is 0 Å². The average molecular weight is 303 g/mol. The molecule has 0 bridgehead atoms. The van der Waals surface area contributed by atoms with Crippen LogP contribution in [0.5, 0.6) is 5.75 Å². The predicted octanol–water partition coefficient (Wildman–Crippen LogP) is 1.54. The average Bonchev–Trinajstić information content (AvgIpc) is 2.34. The molecule has 0 amide bonds. The minimum atomic E-state index is -3.57. The second-order valence-corrected chi connectivity index (χ2v) is 5.87. The molecule has 5 nitrogen and oxygen atoms in total. The molecule has 0 aliphatic heterocycles. The van der Waals surface area contributed by atoms with Gasteiger partial charge in [-0.2, -0.15) is 0 Å². The van der Waals surface area contributed by atoms with Crippen LogP contribution in [-0.2, 0) is 14.6 Å². The van der Waals surface area contributed by atoms with Crippen molar-refractivity contribution in [2.24, 2.45) is 0 Å². The van der Waals surface area contributed by atoms with Gasteiger partial charge in [-0.3, -0.25) is 0 Å². The Morgan fingerprint density at radius 2 is 2.11 bits per heavy atom. The van der Waals surface area contributed by atoms with Crippen LogP contribution in [0.2, 0.25) is 5.02 Å². The number of ether oxygens (including phenoxy) is 2. The molecule has 0 radical (unpaired) electrons. The lowest BCUT2D eigenvalue weighted by Gasteiger charge is -2.12. The molecule has 0 fully saturated rings. The monoisotopic (exact) mass is 302 g/mol. The van der Waals surface area contributed by atoms with Crippen molar-refractivity contribution >= 4 is 27.4 Å². The van der Waals surface area contributed by atoms with Crippen LogP contribution in [-0.4, -0.2) is 34.4 Å². The van der Waals surface area contributed by atoms with Gasteiger partial charge in [0.2, 0.25) is 0 Å². The summed E-state index contributed by atoms with van der Waals surface area (Å²) in [5.41, 5.74) is 0.00332. The van der Waals surface area contributed by atoms with Crippen LogP contribution in [0.3, 0.4) is 0 Å². The minimum absolute atomic E-state index is 0.00332. The fourth-order valence-electron chi connectivity index (χ4n) is 1.35. The first kappa shape index (κ1) is 15.3. The van der Waals surface area contributed by atoms with Gasteiger partial charge in [0.25, 0.3) is 0 Å². The van der Waals surface area contributed by atoms with Crippen molar-refractivity contribution in [1.82, 2.24) is 0 Å². The summed E-state index contributed by atoms with van der Waals surface area (Å²) in [5, 5.41) is -0.148. The van der Waals surface area contributed by atoms with Crippen LogP contribution in [0.1, 0.15) is 10.4 Å². The van der Waals surface area contributed by atoms with Crippen LogP contribution in [0.4, 0.5) is 0 Å². The van der Waals surface area contributed by atoms with E-state index in [1.54, 1.807) is 0 Å². The number of esters is 1. The molecule has 0 N–H and O–H groups in total. The second-order valence-electron chi connectivity index (χ2n) is 3.51. The number of halogens is 1. The van der Waals surface area contributed by atoms with Gasteiger partial charge in [-0.05, 0) is 12.1 Å². The summed E-state index contributed by atoms with van der Waals surface area (Å²) < 4.78 is 32.9. The maximum Gasteiger partial charge on any atom is 0.339 e. The standard InChI is InChI=1S/C12H11ClO5S/c1-4-7-18-11-9(19(3,15)16)6-5-8(10(11)13)12(14)17-2/h1,5-6H,7H2,2-3H3. The van der Waals surface area contributed by atoms with E-state index in [0.717, 1.165) is 6.26 Å². The van der Waals surface area contributed by atoms with Gasteiger partial charge in [0.05, 0.1) is 17.7 Å². The summed E-state index contributed by atoms with van der Waals surface area (Å²) in [4.78, 5) is 11.3. The molecule has 0 saturated heterocycles. The molecular weight excluding hydrogens is 292 g/mol. The molecule has 7 heteroatoms. The number of sulfone groups is 1. The van der Waals surface area contributed by atoms with E-state index < -0.39 is 15.8 Å². The Kier molecular flexibility index (Phi) is 4.81. The molecule has 0 aliphatic rings. The summed E-state index contributed by atoms with van der Waals surface area (Å²) in [6, 6.07) is 2.48. The van der Waals surface area contributed by atoms with Crippen molar-refractivity contribution in [3.8, 4) is 18.1 Å². The topological polar surface area (TPSA) is 69.7 Å². The molecular formula is C12H11ClO5S. The zero-order chi connectivity index (χ0) is 14.6. The van der Waals surface area contributed by atoms with Crippen molar-refractivity contribution < 1.29 is 22.7 Å². The first-order valence-corrected chi connectivity index (χ1v) is 7.27. The minimum Gasteiger partial charge on any atom is -0.478 e. The zero-order valence-corrected chi connectivity index (χ0v) is 11.8. The Balaban J connectivity index is 3.50. The molecule has 0 spiro atoms. The van der Waals surface area contributed by atoms with Crippen molar-refractivity contribution in [2.45, 2.75) is 4.90 Å². The molecule has 0 aliphatic carbocycles. The summed E-state index contributed by atoms with van der Waals surface area (Å²) >= 11 is 5.97. The maximum absolute atomic E-state index is 11.6. The van der Waals surface area contributed by atoms with Crippen LogP contribution < -0.4 is 4.74 Å². The molecule has 0 aromatic heterocycles. The molecule has 0 unspecified atom stereocenters. The Bertz CT molecular complexity index is 643. The molecule has 1 rings (SSSR count). The third-order valence-electron chi connectivity index (χ3n) is 2.17.